The summed E-state index contributed by atoms with van der Waals surface area (Å²) < 4.78 is 18.5. The molecule has 2 nitrogen and oxygen atoms in total. The van der Waals surface area contributed by atoms with E-state index in [2.05, 4.69) is 6.92 Å². The number of methoxy groups -OCH3 is 1. The summed E-state index contributed by atoms with van der Waals surface area (Å²) >= 11 is 0. The highest BCUT2D eigenvalue weighted by Crippen LogP contribution is 2.38. The maximum absolute atomic E-state index is 13.4. The van der Waals surface area contributed by atoms with Crippen LogP contribution in [0.1, 0.15) is 50.6 Å². The lowest BCUT2D eigenvalue weighted by Crippen LogP contribution is -2.26. The van der Waals surface area contributed by atoms with Crippen molar-refractivity contribution in [1.82, 2.24) is 0 Å². The highest BCUT2D eigenvalue weighted by molar-refractivity contribution is 5.32. The molecule has 3 unspecified atom stereocenters. The molecule has 3 heteroatoms. The van der Waals surface area contributed by atoms with Gasteiger partial charge in [0, 0.05) is 6.04 Å². The molecule has 1 aliphatic rings. The van der Waals surface area contributed by atoms with Gasteiger partial charge in [-0.25, -0.2) is 4.39 Å². The average Bonchev–Trinajstić information content (AvgIpc) is 2.47. The standard InChI is InChI=1S/C16H24FNO/c1-3-11-5-4-6-12(9-11)16(18)13-7-8-14(17)15(10-13)19-2/h7-8,10-12,16H,3-6,9,18H2,1-2H3. The van der Waals surface area contributed by atoms with E-state index in [0.717, 1.165) is 11.5 Å². The van der Waals surface area contributed by atoms with Crippen molar-refractivity contribution in [3.8, 4) is 5.75 Å². The summed E-state index contributed by atoms with van der Waals surface area (Å²) in [6.45, 7) is 2.25. The van der Waals surface area contributed by atoms with E-state index in [0.29, 0.717) is 5.92 Å². The van der Waals surface area contributed by atoms with Gasteiger partial charge in [-0.3, -0.25) is 0 Å². The molecule has 0 radical (unpaired) electrons. The highest BCUT2D eigenvalue weighted by Gasteiger charge is 2.26. The van der Waals surface area contributed by atoms with Gasteiger partial charge in [0.1, 0.15) is 0 Å². The number of benzene rings is 1. The molecule has 0 saturated heterocycles. The molecule has 0 bridgehead atoms. The second kappa shape index (κ2) is 6.38. The molecule has 3 atom stereocenters. The van der Waals surface area contributed by atoms with Crippen LogP contribution in [-0.4, -0.2) is 7.11 Å². The molecular formula is C16H24FNO. The van der Waals surface area contributed by atoms with E-state index in [9.17, 15) is 4.39 Å². The Hall–Kier alpha value is -1.09. The van der Waals surface area contributed by atoms with Crippen molar-refractivity contribution >= 4 is 0 Å². The van der Waals surface area contributed by atoms with Crippen LogP contribution in [0.15, 0.2) is 18.2 Å². The predicted octanol–water partition coefficient (Wildman–Crippen LogP) is 4.05. The number of halogens is 1. The second-order valence-electron chi connectivity index (χ2n) is 5.62. The zero-order valence-corrected chi connectivity index (χ0v) is 11.9. The molecule has 1 aliphatic carbocycles. The van der Waals surface area contributed by atoms with Crippen LogP contribution in [0.4, 0.5) is 4.39 Å². The van der Waals surface area contributed by atoms with Gasteiger partial charge < -0.3 is 10.5 Å². The molecule has 106 valence electrons. The van der Waals surface area contributed by atoms with E-state index in [-0.39, 0.29) is 17.6 Å². The normalized spacial score (nSPS) is 25.1. The zero-order chi connectivity index (χ0) is 13.8. The van der Waals surface area contributed by atoms with Crippen LogP contribution in [-0.2, 0) is 0 Å². The van der Waals surface area contributed by atoms with Crippen molar-refractivity contribution in [2.24, 2.45) is 17.6 Å². The van der Waals surface area contributed by atoms with Gasteiger partial charge >= 0.3 is 0 Å². The molecule has 1 fully saturated rings. The monoisotopic (exact) mass is 265 g/mol. The fraction of sp³-hybridized carbons (Fsp3) is 0.625. The Kier molecular flexibility index (Phi) is 4.81. The molecule has 0 spiro atoms. The SMILES string of the molecule is CCC1CCCC(C(N)c2ccc(F)c(OC)c2)C1. The fourth-order valence-corrected chi connectivity index (χ4v) is 3.19. The highest BCUT2D eigenvalue weighted by atomic mass is 19.1. The summed E-state index contributed by atoms with van der Waals surface area (Å²) in [5.74, 6) is 1.27. The first kappa shape index (κ1) is 14.3. The van der Waals surface area contributed by atoms with E-state index >= 15 is 0 Å². The first-order chi connectivity index (χ1) is 9.15. The lowest BCUT2D eigenvalue weighted by atomic mass is 9.75. The maximum atomic E-state index is 13.4. The van der Waals surface area contributed by atoms with Crippen LogP contribution in [0.25, 0.3) is 0 Å². The Morgan fingerprint density at radius 1 is 1.42 bits per heavy atom. The first-order valence-electron chi connectivity index (χ1n) is 7.24. The summed E-state index contributed by atoms with van der Waals surface area (Å²) in [7, 11) is 1.49. The summed E-state index contributed by atoms with van der Waals surface area (Å²) in [5, 5.41) is 0. The summed E-state index contributed by atoms with van der Waals surface area (Å²) in [6, 6.07) is 4.98. The van der Waals surface area contributed by atoms with Crippen LogP contribution in [0.5, 0.6) is 5.75 Å². The number of hydrogen-bond donors (Lipinski definition) is 1. The Labute approximate surface area is 115 Å². The van der Waals surface area contributed by atoms with Crippen LogP contribution in [0.3, 0.4) is 0 Å². The molecule has 0 aliphatic heterocycles. The van der Waals surface area contributed by atoms with Crippen molar-refractivity contribution < 1.29 is 9.13 Å². The number of hydrogen-bond acceptors (Lipinski definition) is 2. The molecule has 1 aromatic rings. The summed E-state index contributed by atoms with van der Waals surface area (Å²) in [6.07, 6.45) is 6.19. The van der Waals surface area contributed by atoms with E-state index in [4.69, 9.17) is 10.5 Å². The molecule has 2 rings (SSSR count). The van der Waals surface area contributed by atoms with Crippen LogP contribution < -0.4 is 10.5 Å². The van der Waals surface area contributed by atoms with E-state index in [1.165, 1.54) is 45.3 Å². The van der Waals surface area contributed by atoms with Crippen molar-refractivity contribution in [3.05, 3.63) is 29.6 Å². The average molecular weight is 265 g/mol. The minimum absolute atomic E-state index is 0.0103. The topological polar surface area (TPSA) is 35.2 Å². The molecule has 19 heavy (non-hydrogen) atoms. The predicted molar refractivity (Wildman–Crippen MR) is 75.6 cm³/mol. The van der Waals surface area contributed by atoms with Crippen LogP contribution >= 0.6 is 0 Å². The molecule has 0 aromatic heterocycles. The van der Waals surface area contributed by atoms with Gasteiger partial charge in [0.25, 0.3) is 0 Å². The van der Waals surface area contributed by atoms with Gasteiger partial charge in [0.05, 0.1) is 7.11 Å². The summed E-state index contributed by atoms with van der Waals surface area (Å²) in [5.41, 5.74) is 7.37. The fourth-order valence-electron chi connectivity index (χ4n) is 3.19. The van der Waals surface area contributed by atoms with Crippen molar-refractivity contribution in [3.63, 3.8) is 0 Å². The van der Waals surface area contributed by atoms with Gasteiger partial charge in [-0.15, -0.1) is 0 Å². The Morgan fingerprint density at radius 3 is 2.89 bits per heavy atom. The van der Waals surface area contributed by atoms with Crippen LogP contribution in [0.2, 0.25) is 0 Å². The van der Waals surface area contributed by atoms with Gasteiger partial charge in [-0.2, -0.15) is 0 Å². The van der Waals surface area contributed by atoms with Gasteiger partial charge in [-0.1, -0.05) is 32.3 Å². The van der Waals surface area contributed by atoms with Crippen LogP contribution in [0, 0.1) is 17.7 Å². The largest absolute Gasteiger partial charge is 0.494 e. The lowest BCUT2D eigenvalue weighted by molar-refractivity contribution is 0.230. The number of ether oxygens (including phenoxy) is 1. The third kappa shape index (κ3) is 3.27. The van der Waals surface area contributed by atoms with E-state index in [1.807, 2.05) is 0 Å². The van der Waals surface area contributed by atoms with Gasteiger partial charge in [0.15, 0.2) is 11.6 Å². The minimum Gasteiger partial charge on any atom is -0.494 e. The lowest BCUT2D eigenvalue weighted by Gasteiger charge is -2.32. The van der Waals surface area contributed by atoms with Gasteiger partial charge in [-0.05, 0) is 42.4 Å². The van der Waals surface area contributed by atoms with Gasteiger partial charge in [0.2, 0.25) is 0 Å². The number of nitrogens with two attached hydrogens (primary N) is 1. The van der Waals surface area contributed by atoms with Crippen molar-refractivity contribution in [2.75, 3.05) is 7.11 Å². The van der Waals surface area contributed by atoms with E-state index in [1.54, 1.807) is 12.1 Å². The molecule has 0 amide bonds. The molecule has 2 N–H and O–H groups in total. The Bertz CT molecular complexity index is 421. The van der Waals surface area contributed by atoms with Crippen molar-refractivity contribution in [1.29, 1.82) is 0 Å². The Balaban J connectivity index is 2.12. The quantitative estimate of drug-likeness (QED) is 0.891. The minimum atomic E-state index is -0.325. The third-order valence-corrected chi connectivity index (χ3v) is 4.47. The molecule has 1 saturated carbocycles. The van der Waals surface area contributed by atoms with Crippen molar-refractivity contribution in [2.45, 2.75) is 45.1 Å². The number of rotatable bonds is 4. The third-order valence-electron chi connectivity index (χ3n) is 4.47. The Morgan fingerprint density at radius 2 is 2.21 bits per heavy atom. The smallest absolute Gasteiger partial charge is 0.165 e. The molecule has 0 heterocycles. The maximum Gasteiger partial charge on any atom is 0.165 e. The molecule has 1 aromatic carbocycles. The zero-order valence-electron chi connectivity index (χ0n) is 11.9. The summed E-state index contributed by atoms with van der Waals surface area (Å²) in [4.78, 5) is 0. The first-order valence-corrected chi connectivity index (χ1v) is 7.24. The van der Waals surface area contributed by atoms with E-state index < -0.39 is 0 Å². The molecular weight excluding hydrogens is 241 g/mol. The second-order valence-corrected chi connectivity index (χ2v) is 5.62.